The Morgan fingerprint density at radius 3 is 2.50 bits per heavy atom. The van der Waals surface area contributed by atoms with Gasteiger partial charge in [0, 0.05) is 28.8 Å². The molecule has 0 aliphatic rings. The average molecular weight is 397 g/mol. The lowest BCUT2D eigenvalue weighted by atomic mass is 10.2. The molecule has 3 aromatic rings. The summed E-state index contributed by atoms with van der Waals surface area (Å²) in [5, 5.41) is 2.82. The van der Waals surface area contributed by atoms with Crippen LogP contribution in [0, 0.1) is 12.7 Å². The third-order valence-corrected chi connectivity index (χ3v) is 4.68. The Morgan fingerprint density at radius 1 is 1.11 bits per heavy atom. The fraction of sp³-hybridized carbons (Fsp3) is 0.190. The Bertz CT molecular complexity index is 947. The van der Waals surface area contributed by atoms with Crippen molar-refractivity contribution in [1.82, 2.24) is 15.3 Å². The fourth-order valence-electron chi connectivity index (χ4n) is 2.48. The molecule has 5 nitrogen and oxygen atoms in total. The summed E-state index contributed by atoms with van der Waals surface area (Å²) in [7, 11) is 0. The van der Waals surface area contributed by atoms with E-state index in [-0.39, 0.29) is 18.3 Å². The van der Waals surface area contributed by atoms with Crippen molar-refractivity contribution in [2.24, 2.45) is 0 Å². The van der Waals surface area contributed by atoms with Crippen molar-refractivity contribution < 1.29 is 13.9 Å². The lowest BCUT2D eigenvalue weighted by Gasteiger charge is -2.09. The molecule has 1 amide bonds. The SMILES string of the molecule is CSc1ccc(CNC(=O)COc2cc(C)nc(-c3ccc(F)cc3)n2)cc1. The van der Waals surface area contributed by atoms with E-state index >= 15 is 0 Å². The standard InChI is InChI=1S/C21H20FN3O2S/c1-14-11-20(25-21(24-14)16-5-7-17(22)8-6-16)27-13-19(26)23-12-15-3-9-18(28-2)10-4-15/h3-11H,12-13H2,1-2H3,(H,23,26). The number of aryl methyl sites for hydroxylation is 1. The second-order valence-electron chi connectivity index (χ2n) is 6.09. The number of hydrogen-bond acceptors (Lipinski definition) is 5. The molecule has 1 aromatic heterocycles. The van der Waals surface area contributed by atoms with Crippen LogP contribution in [0.15, 0.2) is 59.5 Å². The zero-order valence-corrected chi connectivity index (χ0v) is 16.4. The van der Waals surface area contributed by atoms with Crippen molar-refractivity contribution in [2.75, 3.05) is 12.9 Å². The van der Waals surface area contributed by atoms with Gasteiger partial charge in [0.05, 0.1) is 0 Å². The van der Waals surface area contributed by atoms with E-state index in [0.29, 0.717) is 29.5 Å². The molecule has 0 saturated carbocycles. The summed E-state index contributed by atoms with van der Waals surface area (Å²) in [5.41, 5.74) is 2.38. The minimum Gasteiger partial charge on any atom is -0.467 e. The summed E-state index contributed by atoms with van der Waals surface area (Å²) in [5.74, 6) is 0.150. The van der Waals surface area contributed by atoms with Crippen LogP contribution < -0.4 is 10.1 Å². The first-order valence-electron chi connectivity index (χ1n) is 8.67. The average Bonchev–Trinajstić information content (AvgIpc) is 2.71. The van der Waals surface area contributed by atoms with Gasteiger partial charge in [-0.05, 0) is 55.1 Å². The van der Waals surface area contributed by atoms with Gasteiger partial charge in [0.2, 0.25) is 5.88 Å². The second-order valence-corrected chi connectivity index (χ2v) is 6.97. The molecule has 0 fully saturated rings. The summed E-state index contributed by atoms with van der Waals surface area (Å²) < 4.78 is 18.6. The fourth-order valence-corrected chi connectivity index (χ4v) is 2.88. The van der Waals surface area contributed by atoms with Crippen LogP contribution in [-0.4, -0.2) is 28.7 Å². The second kappa shape index (κ2) is 9.32. The van der Waals surface area contributed by atoms with Gasteiger partial charge in [0.15, 0.2) is 12.4 Å². The quantitative estimate of drug-likeness (QED) is 0.611. The van der Waals surface area contributed by atoms with Crippen molar-refractivity contribution in [3.8, 4) is 17.3 Å². The summed E-state index contributed by atoms with van der Waals surface area (Å²) >= 11 is 1.67. The molecule has 0 unspecified atom stereocenters. The molecule has 7 heteroatoms. The summed E-state index contributed by atoms with van der Waals surface area (Å²) in [6.07, 6.45) is 2.02. The first kappa shape index (κ1) is 19.8. The van der Waals surface area contributed by atoms with Gasteiger partial charge in [-0.1, -0.05) is 12.1 Å². The number of carbonyl (C=O) groups is 1. The predicted molar refractivity (Wildman–Crippen MR) is 108 cm³/mol. The number of aromatic nitrogens is 2. The van der Waals surface area contributed by atoms with E-state index < -0.39 is 0 Å². The molecule has 1 heterocycles. The molecule has 0 bridgehead atoms. The van der Waals surface area contributed by atoms with Crippen LogP contribution in [0.5, 0.6) is 5.88 Å². The van der Waals surface area contributed by atoms with Crippen LogP contribution in [0.4, 0.5) is 4.39 Å². The molecule has 0 atom stereocenters. The molecule has 0 aliphatic heterocycles. The Labute approximate surface area is 167 Å². The van der Waals surface area contributed by atoms with Crippen molar-refractivity contribution >= 4 is 17.7 Å². The largest absolute Gasteiger partial charge is 0.467 e. The minimum absolute atomic E-state index is 0.151. The molecule has 3 rings (SSSR count). The Hall–Kier alpha value is -2.93. The first-order valence-corrected chi connectivity index (χ1v) is 9.90. The monoisotopic (exact) mass is 397 g/mol. The van der Waals surface area contributed by atoms with Crippen LogP contribution in [0.3, 0.4) is 0 Å². The number of thioether (sulfide) groups is 1. The van der Waals surface area contributed by atoms with Crippen molar-refractivity contribution in [2.45, 2.75) is 18.4 Å². The van der Waals surface area contributed by atoms with Crippen molar-refractivity contribution in [3.63, 3.8) is 0 Å². The van der Waals surface area contributed by atoms with Crippen LogP contribution >= 0.6 is 11.8 Å². The van der Waals surface area contributed by atoms with Gasteiger partial charge in [-0.3, -0.25) is 4.79 Å². The number of carbonyl (C=O) groups excluding carboxylic acids is 1. The van der Waals surface area contributed by atoms with E-state index in [1.54, 1.807) is 36.9 Å². The molecule has 0 spiro atoms. The third-order valence-electron chi connectivity index (χ3n) is 3.93. The molecule has 144 valence electrons. The van der Waals surface area contributed by atoms with Gasteiger partial charge in [0.25, 0.3) is 5.91 Å². The van der Waals surface area contributed by atoms with E-state index in [1.807, 2.05) is 30.5 Å². The molecule has 0 saturated heterocycles. The van der Waals surface area contributed by atoms with Gasteiger partial charge in [-0.25, -0.2) is 9.37 Å². The maximum atomic E-state index is 13.1. The highest BCUT2D eigenvalue weighted by Crippen LogP contribution is 2.19. The van der Waals surface area contributed by atoms with E-state index in [0.717, 1.165) is 5.56 Å². The van der Waals surface area contributed by atoms with Gasteiger partial charge < -0.3 is 10.1 Å². The molecule has 1 N–H and O–H groups in total. The number of nitrogens with one attached hydrogen (secondary N) is 1. The Balaban J connectivity index is 1.57. The lowest BCUT2D eigenvalue weighted by Crippen LogP contribution is -2.28. The number of hydrogen-bond donors (Lipinski definition) is 1. The van der Waals surface area contributed by atoms with Crippen molar-refractivity contribution in [3.05, 3.63) is 71.7 Å². The highest BCUT2D eigenvalue weighted by Gasteiger charge is 2.09. The molecule has 28 heavy (non-hydrogen) atoms. The van der Waals surface area contributed by atoms with E-state index in [9.17, 15) is 9.18 Å². The third kappa shape index (κ3) is 5.53. The van der Waals surface area contributed by atoms with Crippen LogP contribution in [0.25, 0.3) is 11.4 Å². The maximum absolute atomic E-state index is 13.1. The summed E-state index contributed by atoms with van der Waals surface area (Å²) in [4.78, 5) is 21.9. The first-order chi connectivity index (χ1) is 13.5. The Morgan fingerprint density at radius 2 is 1.82 bits per heavy atom. The normalized spacial score (nSPS) is 10.5. The zero-order chi connectivity index (χ0) is 19.9. The lowest BCUT2D eigenvalue weighted by molar-refractivity contribution is -0.123. The van der Waals surface area contributed by atoms with Gasteiger partial charge in [0.1, 0.15) is 5.82 Å². The number of nitrogens with zero attached hydrogens (tertiary/aromatic N) is 2. The zero-order valence-electron chi connectivity index (χ0n) is 15.6. The number of halogens is 1. The van der Waals surface area contributed by atoms with Gasteiger partial charge in [-0.15, -0.1) is 11.8 Å². The number of benzene rings is 2. The topological polar surface area (TPSA) is 64.1 Å². The maximum Gasteiger partial charge on any atom is 0.258 e. The van der Waals surface area contributed by atoms with E-state index in [2.05, 4.69) is 15.3 Å². The number of amides is 1. The number of ether oxygens (including phenoxy) is 1. The highest BCUT2D eigenvalue weighted by atomic mass is 32.2. The smallest absolute Gasteiger partial charge is 0.258 e. The molecule has 2 aromatic carbocycles. The van der Waals surface area contributed by atoms with Crippen LogP contribution in [0.1, 0.15) is 11.3 Å². The van der Waals surface area contributed by atoms with Gasteiger partial charge >= 0.3 is 0 Å². The number of rotatable bonds is 7. The Kier molecular flexibility index (Phi) is 6.60. The minimum atomic E-state index is -0.326. The predicted octanol–water partition coefficient (Wildman–Crippen LogP) is 4.01. The summed E-state index contributed by atoms with van der Waals surface area (Å²) in [6.45, 7) is 2.09. The van der Waals surface area contributed by atoms with E-state index in [1.165, 1.54) is 17.0 Å². The molecule has 0 aliphatic carbocycles. The van der Waals surface area contributed by atoms with Crippen LogP contribution in [0.2, 0.25) is 0 Å². The molecule has 0 radical (unpaired) electrons. The highest BCUT2D eigenvalue weighted by molar-refractivity contribution is 7.98. The molecular formula is C21H20FN3O2S. The summed E-state index contributed by atoms with van der Waals surface area (Å²) in [6, 6.07) is 15.5. The molecular weight excluding hydrogens is 377 g/mol. The van der Waals surface area contributed by atoms with E-state index in [4.69, 9.17) is 4.74 Å². The van der Waals surface area contributed by atoms with Crippen LogP contribution in [-0.2, 0) is 11.3 Å². The van der Waals surface area contributed by atoms with Crippen molar-refractivity contribution in [1.29, 1.82) is 0 Å². The van der Waals surface area contributed by atoms with Gasteiger partial charge in [-0.2, -0.15) is 4.98 Å².